The molecule has 1 amide bonds. The minimum absolute atomic E-state index is 0.00527. The van der Waals surface area contributed by atoms with E-state index in [9.17, 15) is 9.59 Å². The lowest BCUT2D eigenvalue weighted by Crippen LogP contribution is -2.13. The normalized spacial score (nSPS) is 10.2. The number of amides is 1. The second kappa shape index (κ2) is 8.77. The van der Waals surface area contributed by atoms with Gasteiger partial charge in [0.15, 0.2) is 5.78 Å². The van der Waals surface area contributed by atoms with Gasteiger partial charge < -0.3 is 15.4 Å². The summed E-state index contributed by atoms with van der Waals surface area (Å²) in [5.41, 5.74) is 2.37. The van der Waals surface area contributed by atoms with Crippen molar-refractivity contribution in [1.82, 2.24) is 9.97 Å². The molecule has 0 fully saturated rings. The summed E-state index contributed by atoms with van der Waals surface area (Å²) in [5.74, 6) is 0.802. The molecule has 3 aromatic rings. The number of hydrogen-bond donors (Lipinski definition) is 2. The van der Waals surface area contributed by atoms with Crippen molar-refractivity contribution < 1.29 is 14.3 Å². The number of rotatable bonds is 7. The topological polar surface area (TPSA) is 93.2 Å². The van der Waals surface area contributed by atoms with E-state index in [0.717, 1.165) is 11.4 Å². The molecule has 0 saturated carbocycles. The third-order valence-corrected chi connectivity index (χ3v) is 3.88. The van der Waals surface area contributed by atoms with Gasteiger partial charge in [-0.25, -0.2) is 9.97 Å². The Hall–Kier alpha value is -3.74. The predicted molar refractivity (Wildman–Crippen MR) is 107 cm³/mol. The number of nitrogens with one attached hydrogen (secondary N) is 2. The van der Waals surface area contributed by atoms with Crippen LogP contribution in [0.2, 0.25) is 0 Å². The summed E-state index contributed by atoms with van der Waals surface area (Å²) < 4.78 is 5.37. The molecule has 28 heavy (non-hydrogen) atoms. The van der Waals surface area contributed by atoms with Gasteiger partial charge in [0.25, 0.3) is 5.91 Å². The zero-order valence-corrected chi connectivity index (χ0v) is 15.6. The van der Waals surface area contributed by atoms with Crippen molar-refractivity contribution in [3.05, 3.63) is 72.1 Å². The van der Waals surface area contributed by atoms with Crippen molar-refractivity contribution in [2.45, 2.75) is 13.8 Å². The summed E-state index contributed by atoms with van der Waals surface area (Å²) in [6, 6.07) is 14.1. The van der Waals surface area contributed by atoms with Crippen LogP contribution in [0.25, 0.3) is 0 Å². The summed E-state index contributed by atoms with van der Waals surface area (Å²) in [6.45, 7) is 4.02. The maximum absolute atomic E-state index is 12.3. The van der Waals surface area contributed by atoms with Crippen molar-refractivity contribution >= 4 is 29.0 Å². The Morgan fingerprint density at radius 2 is 1.50 bits per heavy atom. The van der Waals surface area contributed by atoms with E-state index in [4.69, 9.17) is 4.74 Å². The zero-order valence-electron chi connectivity index (χ0n) is 15.6. The molecule has 1 heterocycles. The van der Waals surface area contributed by atoms with E-state index in [-0.39, 0.29) is 11.7 Å². The van der Waals surface area contributed by atoms with E-state index in [2.05, 4.69) is 20.6 Å². The van der Waals surface area contributed by atoms with Gasteiger partial charge in [-0.3, -0.25) is 9.59 Å². The molecule has 7 nitrogen and oxygen atoms in total. The van der Waals surface area contributed by atoms with Crippen LogP contribution in [0.4, 0.5) is 17.3 Å². The van der Waals surface area contributed by atoms with Crippen LogP contribution < -0.4 is 15.4 Å². The van der Waals surface area contributed by atoms with E-state index in [1.54, 1.807) is 48.5 Å². The molecule has 0 aliphatic rings. The monoisotopic (exact) mass is 376 g/mol. The minimum Gasteiger partial charge on any atom is -0.494 e. The van der Waals surface area contributed by atoms with Gasteiger partial charge in [0.2, 0.25) is 5.95 Å². The van der Waals surface area contributed by atoms with E-state index in [0.29, 0.717) is 29.4 Å². The van der Waals surface area contributed by atoms with Crippen LogP contribution in [-0.4, -0.2) is 28.3 Å². The Morgan fingerprint density at radius 3 is 2.07 bits per heavy atom. The Morgan fingerprint density at radius 1 is 0.893 bits per heavy atom. The summed E-state index contributed by atoms with van der Waals surface area (Å²) in [6.07, 6.45) is 2.90. The summed E-state index contributed by atoms with van der Waals surface area (Å²) in [4.78, 5) is 32.0. The first kappa shape index (κ1) is 19.0. The molecule has 2 aromatic carbocycles. The fourth-order valence-electron chi connectivity index (χ4n) is 2.43. The minimum atomic E-state index is -0.304. The maximum Gasteiger partial charge on any atom is 0.258 e. The van der Waals surface area contributed by atoms with Crippen molar-refractivity contribution in [3.8, 4) is 5.75 Å². The first-order chi connectivity index (χ1) is 13.5. The number of hydrogen-bond acceptors (Lipinski definition) is 6. The van der Waals surface area contributed by atoms with Crippen LogP contribution in [0, 0.1) is 0 Å². The van der Waals surface area contributed by atoms with Gasteiger partial charge in [-0.2, -0.15) is 0 Å². The van der Waals surface area contributed by atoms with Gasteiger partial charge in [-0.05, 0) is 62.4 Å². The van der Waals surface area contributed by atoms with Crippen LogP contribution in [-0.2, 0) is 0 Å². The lowest BCUT2D eigenvalue weighted by atomic mass is 10.1. The van der Waals surface area contributed by atoms with Gasteiger partial charge in [-0.15, -0.1) is 0 Å². The standard InChI is InChI=1S/C21H20N4O3/c1-3-28-19-10-8-17(9-11-19)24-20(27)16-12-22-21(23-13-16)25-18-6-4-15(5-7-18)14(2)26/h4-13H,3H2,1-2H3,(H,24,27)(H,22,23,25). The second-order valence-electron chi connectivity index (χ2n) is 5.97. The highest BCUT2D eigenvalue weighted by Gasteiger charge is 2.08. The molecule has 0 radical (unpaired) electrons. The molecule has 0 spiro atoms. The van der Waals surface area contributed by atoms with Crippen molar-refractivity contribution in [1.29, 1.82) is 0 Å². The van der Waals surface area contributed by atoms with Crippen molar-refractivity contribution in [2.24, 2.45) is 0 Å². The van der Waals surface area contributed by atoms with E-state index in [1.165, 1.54) is 19.3 Å². The van der Waals surface area contributed by atoms with Gasteiger partial charge in [0, 0.05) is 29.3 Å². The highest BCUT2D eigenvalue weighted by Crippen LogP contribution is 2.17. The molecule has 0 saturated heterocycles. The number of ether oxygens (including phenoxy) is 1. The second-order valence-corrected chi connectivity index (χ2v) is 5.97. The highest BCUT2D eigenvalue weighted by molar-refractivity contribution is 6.03. The molecule has 3 rings (SSSR count). The summed E-state index contributed by atoms with van der Waals surface area (Å²) >= 11 is 0. The molecular weight excluding hydrogens is 356 g/mol. The Bertz CT molecular complexity index is 952. The molecule has 0 aliphatic heterocycles. The molecule has 0 aliphatic carbocycles. The summed E-state index contributed by atoms with van der Waals surface area (Å²) in [7, 11) is 0. The molecule has 0 unspecified atom stereocenters. The first-order valence-electron chi connectivity index (χ1n) is 8.79. The first-order valence-corrected chi connectivity index (χ1v) is 8.79. The molecule has 2 N–H and O–H groups in total. The van der Waals surface area contributed by atoms with Gasteiger partial charge in [0.1, 0.15) is 5.75 Å². The van der Waals surface area contributed by atoms with E-state index in [1.807, 2.05) is 6.92 Å². The number of carbonyl (C=O) groups is 2. The van der Waals surface area contributed by atoms with Gasteiger partial charge >= 0.3 is 0 Å². The average Bonchev–Trinajstić information content (AvgIpc) is 2.70. The van der Waals surface area contributed by atoms with Crippen LogP contribution in [0.3, 0.4) is 0 Å². The number of carbonyl (C=O) groups excluding carboxylic acids is 2. The lowest BCUT2D eigenvalue weighted by molar-refractivity contribution is 0.101. The Kier molecular flexibility index (Phi) is 5.96. The number of aromatic nitrogens is 2. The van der Waals surface area contributed by atoms with Gasteiger partial charge in [-0.1, -0.05) is 0 Å². The largest absolute Gasteiger partial charge is 0.494 e. The maximum atomic E-state index is 12.3. The smallest absolute Gasteiger partial charge is 0.258 e. The SMILES string of the molecule is CCOc1ccc(NC(=O)c2cnc(Nc3ccc(C(C)=O)cc3)nc2)cc1. The predicted octanol–water partition coefficient (Wildman–Crippen LogP) is 4.07. The number of nitrogens with zero attached hydrogens (tertiary/aromatic N) is 2. The zero-order chi connectivity index (χ0) is 19.9. The molecule has 0 bridgehead atoms. The van der Waals surface area contributed by atoms with E-state index >= 15 is 0 Å². The fourth-order valence-corrected chi connectivity index (χ4v) is 2.43. The quantitative estimate of drug-likeness (QED) is 0.604. The molecule has 7 heteroatoms. The summed E-state index contributed by atoms with van der Waals surface area (Å²) in [5, 5.41) is 5.81. The van der Waals surface area contributed by atoms with Crippen molar-refractivity contribution in [2.75, 3.05) is 17.2 Å². The van der Waals surface area contributed by atoms with Crippen molar-refractivity contribution in [3.63, 3.8) is 0 Å². The van der Waals surface area contributed by atoms with Gasteiger partial charge in [0.05, 0.1) is 12.2 Å². The number of Topliss-reactive ketones (excluding diaryl/α,β-unsaturated/α-hetero) is 1. The fraction of sp³-hybridized carbons (Fsp3) is 0.143. The number of ketones is 1. The third-order valence-electron chi connectivity index (χ3n) is 3.88. The Labute approximate surface area is 162 Å². The van der Waals surface area contributed by atoms with E-state index < -0.39 is 0 Å². The molecule has 0 atom stereocenters. The Balaban J connectivity index is 1.61. The van der Waals surface area contributed by atoms with Crippen LogP contribution in [0.5, 0.6) is 5.75 Å². The average molecular weight is 376 g/mol. The molecule has 1 aromatic heterocycles. The van der Waals surface area contributed by atoms with Crippen LogP contribution in [0.15, 0.2) is 60.9 Å². The molecule has 142 valence electrons. The number of benzene rings is 2. The van der Waals surface area contributed by atoms with Crippen LogP contribution >= 0.6 is 0 Å². The number of anilines is 3. The third kappa shape index (κ3) is 4.91. The lowest BCUT2D eigenvalue weighted by Gasteiger charge is -2.08. The van der Waals surface area contributed by atoms with Crippen LogP contribution in [0.1, 0.15) is 34.6 Å². The molecular formula is C21H20N4O3. The highest BCUT2D eigenvalue weighted by atomic mass is 16.5.